The maximum absolute atomic E-state index is 13.7. The molecule has 2 saturated heterocycles. The smallest absolute Gasteiger partial charge is 0.246 e. The number of halogens is 1. The van der Waals surface area contributed by atoms with Gasteiger partial charge in [0.15, 0.2) is 0 Å². The Morgan fingerprint density at radius 3 is 2.79 bits per heavy atom. The molecule has 2 aliphatic heterocycles. The number of nitrogens with one attached hydrogen (secondary N) is 1. The molecule has 0 saturated carbocycles. The first-order chi connectivity index (χ1) is 13.9. The Kier molecular flexibility index (Phi) is 7.44. The van der Waals surface area contributed by atoms with Gasteiger partial charge >= 0.3 is 0 Å². The molecule has 2 aliphatic rings. The minimum atomic E-state index is -3.97. The van der Waals surface area contributed by atoms with Gasteiger partial charge in [-0.1, -0.05) is 0 Å². The minimum Gasteiger partial charge on any atom is -0.495 e. The molecule has 1 N–H and O–H groups in total. The lowest BCUT2D eigenvalue weighted by Crippen LogP contribution is -2.47. The highest BCUT2D eigenvalue weighted by atomic mass is 32.2. The molecule has 1 unspecified atom stereocenters. The van der Waals surface area contributed by atoms with E-state index in [1.807, 2.05) is 0 Å². The van der Waals surface area contributed by atoms with E-state index in [0.29, 0.717) is 39.1 Å². The van der Waals surface area contributed by atoms with Crippen molar-refractivity contribution in [3.63, 3.8) is 0 Å². The second kappa shape index (κ2) is 9.84. The number of hydrogen-bond donors (Lipinski definition) is 1. The van der Waals surface area contributed by atoms with Crippen LogP contribution in [-0.4, -0.2) is 83.1 Å². The van der Waals surface area contributed by atoms with Gasteiger partial charge in [-0.15, -0.1) is 0 Å². The van der Waals surface area contributed by atoms with Gasteiger partial charge in [-0.05, 0) is 31.0 Å². The second-order valence-electron chi connectivity index (χ2n) is 7.24. The van der Waals surface area contributed by atoms with Crippen LogP contribution < -0.4 is 10.1 Å². The third-order valence-corrected chi connectivity index (χ3v) is 7.22. The third kappa shape index (κ3) is 5.44. The largest absolute Gasteiger partial charge is 0.495 e. The van der Waals surface area contributed by atoms with Gasteiger partial charge in [0.2, 0.25) is 15.9 Å². The summed E-state index contributed by atoms with van der Waals surface area (Å²) in [5, 5.41) is 2.92. The molecule has 10 heteroatoms. The number of hydrogen-bond acceptors (Lipinski definition) is 6. The van der Waals surface area contributed by atoms with Gasteiger partial charge < -0.3 is 14.8 Å². The first kappa shape index (κ1) is 21.9. The fourth-order valence-corrected chi connectivity index (χ4v) is 5.36. The molecule has 162 valence electrons. The molecule has 1 aromatic rings. The van der Waals surface area contributed by atoms with Gasteiger partial charge in [-0.2, -0.15) is 4.31 Å². The highest BCUT2D eigenvalue weighted by Gasteiger charge is 2.35. The van der Waals surface area contributed by atoms with E-state index in [1.54, 1.807) is 0 Å². The lowest BCUT2D eigenvalue weighted by molar-refractivity contribution is -0.126. The van der Waals surface area contributed by atoms with Gasteiger partial charge in [-0.3, -0.25) is 9.69 Å². The van der Waals surface area contributed by atoms with Crippen molar-refractivity contribution in [2.45, 2.75) is 17.7 Å². The van der Waals surface area contributed by atoms with Gasteiger partial charge in [-0.25, -0.2) is 12.8 Å². The van der Waals surface area contributed by atoms with E-state index in [9.17, 15) is 17.6 Å². The lowest BCUT2D eigenvalue weighted by atomic mass is 9.99. The zero-order valence-electron chi connectivity index (χ0n) is 16.6. The molecule has 1 atom stereocenters. The number of piperidine rings is 1. The first-order valence-electron chi connectivity index (χ1n) is 9.83. The summed E-state index contributed by atoms with van der Waals surface area (Å²) in [6.07, 6.45) is 1.19. The molecule has 8 nitrogen and oxygen atoms in total. The van der Waals surface area contributed by atoms with Crippen molar-refractivity contribution in [3.8, 4) is 5.75 Å². The quantitative estimate of drug-likeness (QED) is 0.686. The lowest BCUT2D eigenvalue weighted by Gasteiger charge is -2.32. The Balaban J connectivity index is 1.60. The summed E-state index contributed by atoms with van der Waals surface area (Å²) in [6, 6.07) is 3.40. The van der Waals surface area contributed by atoms with Crippen LogP contribution in [-0.2, 0) is 19.6 Å². The van der Waals surface area contributed by atoms with Crippen molar-refractivity contribution in [2.75, 3.05) is 59.6 Å². The van der Waals surface area contributed by atoms with Crippen LogP contribution in [0.15, 0.2) is 23.1 Å². The van der Waals surface area contributed by atoms with Crippen LogP contribution in [0, 0.1) is 11.7 Å². The van der Waals surface area contributed by atoms with Crippen molar-refractivity contribution in [2.24, 2.45) is 5.92 Å². The molecule has 0 aliphatic carbocycles. The molecule has 0 aromatic heterocycles. The maximum atomic E-state index is 13.7. The number of methoxy groups -OCH3 is 1. The van der Waals surface area contributed by atoms with Gasteiger partial charge in [0.1, 0.15) is 16.5 Å². The number of sulfonamides is 1. The third-order valence-electron chi connectivity index (χ3n) is 5.33. The van der Waals surface area contributed by atoms with E-state index in [1.165, 1.54) is 17.5 Å². The van der Waals surface area contributed by atoms with Crippen LogP contribution in [0.1, 0.15) is 12.8 Å². The van der Waals surface area contributed by atoms with E-state index in [0.717, 1.165) is 31.8 Å². The molecule has 0 spiro atoms. The fraction of sp³-hybridized carbons (Fsp3) is 0.632. The number of benzene rings is 1. The van der Waals surface area contributed by atoms with Crippen LogP contribution >= 0.6 is 0 Å². The molecule has 2 fully saturated rings. The fourth-order valence-electron chi connectivity index (χ4n) is 3.67. The zero-order valence-corrected chi connectivity index (χ0v) is 17.4. The van der Waals surface area contributed by atoms with E-state index in [4.69, 9.17) is 9.47 Å². The number of nitrogens with zero attached hydrogens (tertiary/aromatic N) is 2. The Morgan fingerprint density at radius 2 is 2.07 bits per heavy atom. The Morgan fingerprint density at radius 1 is 1.31 bits per heavy atom. The summed E-state index contributed by atoms with van der Waals surface area (Å²) < 4.78 is 51.4. The minimum absolute atomic E-state index is 0.0748. The molecular formula is C19H28FN3O5S. The average Bonchev–Trinajstić information content (AvgIpc) is 2.74. The summed E-state index contributed by atoms with van der Waals surface area (Å²) in [5.41, 5.74) is 0. The topological polar surface area (TPSA) is 88.2 Å². The van der Waals surface area contributed by atoms with E-state index >= 15 is 0 Å². The SMILES string of the molecule is COc1ccc(F)cc1S(=O)(=O)N1CCCC(C(=O)NCCN2CCOCC2)C1. The molecule has 0 radical (unpaired) electrons. The van der Waals surface area contributed by atoms with Crippen molar-refractivity contribution in [1.29, 1.82) is 0 Å². The van der Waals surface area contributed by atoms with Crippen molar-refractivity contribution >= 4 is 15.9 Å². The Bertz CT molecular complexity index is 814. The molecule has 0 bridgehead atoms. The second-order valence-corrected chi connectivity index (χ2v) is 9.15. The number of rotatable bonds is 7. The molecule has 29 heavy (non-hydrogen) atoms. The van der Waals surface area contributed by atoms with E-state index in [-0.39, 0.29) is 23.1 Å². The standard InChI is InChI=1S/C19H28FN3O5S/c1-27-17-5-4-16(20)13-18(17)29(25,26)23-7-2-3-15(14-23)19(24)21-6-8-22-9-11-28-12-10-22/h4-5,13,15H,2-3,6-12,14H2,1H3,(H,21,24). The van der Waals surface area contributed by atoms with E-state index < -0.39 is 21.8 Å². The molecule has 1 aromatic carbocycles. The summed E-state index contributed by atoms with van der Waals surface area (Å²) in [7, 11) is -2.62. The number of amides is 1. The highest BCUT2D eigenvalue weighted by Crippen LogP contribution is 2.30. The van der Waals surface area contributed by atoms with Crippen molar-refractivity contribution < 1.29 is 27.1 Å². The van der Waals surface area contributed by atoms with E-state index in [2.05, 4.69) is 10.2 Å². The van der Waals surface area contributed by atoms with Crippen LogP contribution in [0.25, 0.3) is 0 Å². The molecule has 3 rings (SSSR count). The number of ether oxygens (including phenoxy) is 2. The Labute approximate surface area is 171 Å². The average molecular weight is 430 g/mol. The van der Waals surface area contributed by atoms with Crippen molar-refractivity contribution in [1.82, 2.24) is 14.5 Å². The van der Waals surface area contributed by atoms with Crippen molar-refractivity contribution in [3.05, 3.63) is 24.0 Å². The van der Waals surface area contributed by atoms with Crippen LogP contribution in [0.5, 0.6) is 5.75 Å². The summed E-state index contributed by atoms with van der Waals surface area (Å²) in [6.45, 7) is 4.72. The summed E-state index contributed by atoms with van der Waals surface area (Å²) in [5.74, 6) is -1.14. The predicted molar refractivity (Wildman–Crippen MR) is 105 cm³/mol. The van der Waals surface area contributed by atoms with Gasteiger partial charge in [0.25, 0.3) is 0 Å². The van der Waals surface area contributed by atoms with Gasteiger partial charge in [0.05, 0.1) is 26.2 Å². The van der Waals surface area contributed by atoms with Gasteiger partial charge in [0, 0.05) is 39.3 Å². The number of carbonyl (C=O) groups excluding carboxylic acids is 1. The highest BCUT2D eigenvalue weighted by molar-refractivity contribution is 7.89. The normalized spacial score (nSPS) is 21.7. The van der Waals surface area contributed by atoms with Crippen LogP contribution in [0.4, 0.5) is 4.39 Å². The van der Waals surface area contributed by atoms with Crippen LogP contribution in [0.3, 0.4) is 0 Å². The number of carbonyl (C=O) groups is 1. The molecule has 1 amide bonds. The van der Waals surface area contributed by atoms with Crippen LogP contribution in [0.2, 0.25) is 0 Å². The summed E-state index contributed by atoms with van der Waals surface area (Å²) >= 11 is 0. The molecule has 2 heterocycles. The maximum Gasteiger partial charge on any atom is 0.246 e. The monoisotopic (exact) mass is 429 g/mol. The Hall–Kier alpha value is -1.75. The zero-order chi connectivity index (χ0) is 20.9. The molecular weight excluding hydrogens is 401 g/mol. The predicted octanol–water partition coefficient (Wildman–Crippen LogP) is 0.683. The first-order valence-corrected chi connectivity index (χ1v) is 11.3. The summed E-state index contributed by atoms with van der Waals surface area (Å²) in [4.78, 5) is 14.6. The number of morpholine rings is 1.